The van der Waals surface area contributed by atoms with E-state index in [2.05, 4.69) is 0 Å². The third-order valence-electron chi connectivity index (χ3n) is 1.58. The second kappa shape index (κ2) is 4.80. The summed E-state index contributed by atoms with van der Waals surface area (Å²) in [7, 11) is 0. The van der Waals surface area contributed by atoms with Gasteiger partial charge in [0, 0.05) is 0 Å². The van der Waals surface area contributed by atoms with Crippen LogP contribution in [0.1, 0.15) is 0 Å². The molecule has 0 amide bonds. The van der Waals surface area contributed by atoms with Crippen LogP contribution in [0.25, 0.3) is 0 Å². The Labute approximate surface area is 73.5 Å². The number of alkyl halides is 1. The van der Waals surface area contributed by atoms with Gasteiger partial charge in [-0.15, -0.1) is 0 Å². The standard InChI is InChI=1S/C6H13FO6/c7-6(13,2-9)5(12)4(11)3(10)1-8/h3-5,8-13H,1-2H2/t3-,4-,5+,6-/m1/s1. The third kappa shape index (κ3) is 3.14. The number of rotatable bonds is 5. The number of hydrogen-bond acceptors (Lipinski definition) is 6. The molecule has 7 heteroatoms. The fourth-order valence-corrected chi connectivity index (χ4v) is 0.674. The quantitative estimate of drug-likeness (QED) is 0.276. The molecule has 0 spiro atoms. The van der Waals surface area contributed by atoms with E-state index in [1.165, 1.54) is 0 Å². The zero-order chi connectivity index (χ0) is 10.6. The summed E-state index contributed by atoms with van der Waals surface area (Å²) in [6, 6.07) is 0. The third-order valence-corrected chi connectivity index (χ3v) is 1.58. The van der Waals surface area contributed by atoms with Gasteiger partial charge < -0.3 is 30.6 Å². The molecule has 0 aromatic carbocycles. The Balaban J connectivity index is 4.32. The normalized spacial score (nSPS) is 23.3. The molecular weight excluding hydrogens is 187 g/mol. The smallest absolute Gasteiger partial charge is 0.258 e. The number of hydrogen-bond donors (Lipinski definition) is 6. The topological polar surface area (TPSA) is 121 Å². The number of halogens is 1. The summed E-state index contributed by atoms with van der Waals surface area (Å²) in [5, 5.41) is 51.6. The van der Waals surface area contributed by atoms with Crippen LogP contribution in [0.3, 0.4) is 0 Å². The van der Waals surface area contributed by atoms with Crippen LogP contribution >= 0.6 is 0 Å². The van der Waals surface area contributed by atoms with Gasteiger partial charge in [-0.1, -0.05) is 0 Å². The van der Waals surface area contributed by atoms with Crippen molar-refractivity contribution in [2.75, 3.05) is 13.2 Å². The maximum absolute atomic E-state index is 12.7. The Morgan fingerprint density at radius 3 is 1.92 bits per heavy atom. The Kier molecular flexibility index (Phi) is 4.68. The second-order valence-corrected chi connectivity index (χ2v) is 2.66. The molecule has 0 saturated carbocycles. The lowest BCUT2D eigenvalue weighted by Crippen LogP contribution is -2.53. The molecule has 6 N–H and O–H groups in total. The highest BCUT2D eigenvalue weighted by molar-refractivity contribution is 4.85. The Hall–Kier alpha value is -0.310. The average Bonchev–Trinajstić information content (AvgIpc) is 2.14. The van der Waals surface area contributed by atoms with Crippen molar-refractivity contribution in [2.45, 2.75) is 24.2 Å². The first-order valence-corrected chi connectivity index (χ1v) is 3.54. The molecule has 0 heterocycles. The maximum atomic E-state index is 12.7. The number of aliphatic hydroxyl groups excluding tert-OH is 5. The zero-order valence-corrected chi connectivity index (χ0v) is 6.71. The molecule has 0 fully saturated rings. The van der Waals surface area contributed by atoms with E-state index < -0.39 is 37.4 Å². The zero-order valence-electron chi connectivity index (χ0n) is 6.71. The first-order valence-electron chi connectivity index (χ1n) is 3.54. The summed E-state index contributed by atoms with van der Waals surface area (Å²) >= 11 is 0. The summed E-state index contributed by atoms with van der Waals surface area (Å²) in [5.74, 6) is -3.41. The molecule has 0 radical (unpaired) electrons. The lowest BCUT2D eigenvalue weighted by atomic mass is 10.0. The molecule has 0 rings (SSSR count). The molecule has 0 bridgehead atoms. The molecule has 80 valence electrons. The van der Waals surface area contributed by atoms with Crippen molar-refractivity contribution in [3.63, 3.8) is 0 Å². The van der Waals surface area contributed by atoms with Crippen LogP contribution in [0.15, 0.2) is 0 Å². The van der Waals surface area contributed by atoms with Crippen LogP contribution in [-0.4, -0.2) is 68.0 Å². The van der Waals surface area contributed by atoms with Crippen LogP contribution in [0.5, 0.6) is 0 Å². The summed E-state index contributed by atoms with van der Waals surface area (Å²) < 4.78 is 12.7. The molecular formula is C6H13FO6. The van der Waals surface area contributed by atoms with Crippen LogP contribution < -0.4 is 0 Å². The Morgan fingerprint density at radius 1 is 1.15 bits per heavy atom. The van der Waals surface area contributed by atoms with Gasteiger partial charge >= 0.3 is 0 Å². The predicted octanol–water partition coefficient (Wildman–Crippen LogP) is -3.29. The minimum absolute atomic E-state index is 0.903. The van der Waals surface area contributed by atoms with Crippen LogP contribution in [-0.2, 0) is 0 Å². The predicted molar refractivity (Wildman–Crippen MR) is 38.2 cm³/mol. The highest BCUT2D eigenvalue weighted by Crippen LogP contribution is 2.16. The van der Waals surface area contributed by atoms with Gasteiger partial charge in [0.15, 0.2) is 0 Å². The maximum Gasteiger partial charge on any atom is 0.258 e. The van der Waals surface area contributed by atoms with E-state index in [-0.39, 0.29) is 0 Å². The largest absolute Gasteiger partial charge is 0.394 e. The van der Waals surface area contributed by atoms with Gasteiger partial charge in [-0.25, -0.2) is 4.39 Å². The van der Waals surface area contributed by atoms with Crippen molar-refractivity contribution >= 4 is 0 Å². The summed E-state index contributed by atoms with van der Waals surface area (Å²) in [6.07, 6.45) is -6.25. The lowest BCUT2D eigenvalue weighted by Gasteiger charge is -2.28. The van der Waals surface area contributed by atoms with Gasteiger partial charge in [-0.2, -0.15) is 0 Å². The van der Waals surface area contributed by atoms with Gasteiger partial charge in [-0.05, 0) is 0 Å². The summed E-state index contributed by atoms with van der Waals surface area (Å²) in [6.45, 7) is -2.33. The molecule has 0 saturated heterocycles. The van der Waals surface area contributed by atoms with Crippen molar-refractivity contribution < 1.29 is 35.0 Å². The van der Waals surface area contributed by atoms with Gasteiger partial charge in [0.05, 0.1) is 6.61 Å². The minimum Gasteiger partial charge on any atom is -0.394 e. The fraction of sp³-hybridized carbons (Fsp3) is 1.00. The van der Waals surface area contributed by atoms with E-state index in [4.69, 9.17) is 30.6 Å². The van der Waals surface area contributed by atoms with E-state index in [0.717, 1.165) is 0 Å². The van der Waals surface area contributed by atoms with Crippen molar-refractivity contribution in [3.8, 4) is 0 Å². The molecule has 0 aromatic rings. The van der Waals surface area contributed by atoms with E-state index in [9.17, 15) is 4.39 Å². The molecule has 0 aliphatic rings. The molecule has 6 nitrogen and oxygen atoms in total. The second-order valence-electron chi connectivity index (χ2n) is 2.66. The highest BCUT2D eigenvalue weighted by Gasteiger charge is 2.42. The SMILES string of the molecule is OC[C@@H](O)[C@@H](O)[C@H](O)[C@@](O)(F)CO. The number of aliphatic hydroxyl groups is 6. The molecule has 4 atom stereocenters. The Morgan fingerprint density at radius 2 is 1.62 bits per heavy atom. The Bertz CT molecular complexity index is 152. The summed E-state index contributed by atoms with van der Waals surface area (Å²) in [4.78, 5) is 0. The molecule has 0 aliphatic heterocycles. The van der Waals surface area contributed by atoms with Crippen LogP contribution in [0.2, 0.25) is 0 Å². The monoisotopic (exact) mass is 200 g/mol. The van der Waals surface area contributed by atoms with Crippen LogP contribution in [0.4, 0.5) is 4.39 Å². The van der Waals surface area contributed by atoms with Crippen LogP contribution in [0, 0.1) is 0 Å². The van der Waals surface area contributed by atoms with Gasteiger partial charge in [0.25, 0.3) is 5.85 Å². The van der Waals surface area contributed by atoms with Crippen molar-refractivity contribution in [3.05, 3.63) is 0 Å². The minimum atomic E-state index is -3.41. The van der Waals surface area contributed by atoms with E-state index >= 15 is 0 Å². The van der Waals surface area contributed by atoms with E-state index in [0.29, 0.717) is 0 Å². The molecule has 0 aromatic heterocycles. The van der Waals surface area contributed by atoms with E-state index in [1.54, 1.807) is 0 Å². The van der Waals surface area contributed by atoms with Crippen molar-refractivity contribution in [1.29, 1.82) is 0 Å². The lowest BCUT2D eigenvalue weighted by molar-refractivity contribution is -0.231. The first kappa shape index (κ1) is 12.7. The van der Waals surface area contributed by atoms with Crippen molar-refractivity contribution in [1.82, 2.24) is 0 Å². The van der Waals surface area contributed by atoms with Gasteiger partial charge in [0.2, 0.25) is 0 Å². The van der Waals surface area contributed by atoms with Crippen molar-refractivity contribution in [2.24, 2.45) is 0 Å². The highest BCUT2D eigenvalue weighted by atomic mass is 19.2. The average molecular weight is 200 g/mol. The first-order chi connectivity index (χ1) is 5.86. The molecule has 0 unspecified atom stereocenters. The molecule has 13 heavy (non-hydrogen) atoms. The summed E-state index contributed by atoms with van der Waals surface area (Å²) in [5.41, 5.74) is 0. The van der Waals surface area contributed by atoms with Gasteiger partial charge in [-0.3, -0.25) is 0 Å². The van der Waals surface area contributed by atoms with Gasteiger partial charge in [0.1, 0.15) is 24.9 Å². The van der Waals surface area contributed by atoms with E-state index in [1.807, 2.05) is 0 Å². The molecule has 0 aliphatic carbocycles. The fourth-order valence-electron chi connectivity index (χ4n) is 0.674.